The summed E-state index contributed by atoms with van der Waals surface area (Å²) in [5, 5.41) is 11.8. The van der Waals surface area contributed by atoms with E-state index < -0.39 is 5.91 Å². The highest BCUT2D eigenvalue weighted by Gasteiger charge is 2.23. The van der Waals surface area contributed by atoms with Crippen molar-refractivity contribution in [3.8, 4) is 0 Å². The number of benzene rings is 1. The molecule has 6 nitrogen and oxygen atoms in total. The zero-order chi connectivity index (χ0) is 19.6. The van der Waals surface area contributed by atoms with Crippen LogP contribution in [-0.2, 0) is 12.8 Å². The monoisotopic (exact) mass is 367 g/mol. The lowest BCUT2D eigenvalue weighted by molar-refractivity contribution is 0.0706. The number of carbonyl (C=O) groups is 2. The van der Waals surface area contributed by atoms with Crippen LogP contribution in [0.25, 0.3) is 0 Å². The van der Waals surface area contributed by atoms with Crippen LogP contribution < -0.4 is 10.8 Å². The van der Waals surface area contributed by atoms with Gasteiger partial charge in [-0.2, -0.15) is 0 Å². The standard InChI is InChI=1S/C21H25N3O3/c1-21(2,3)23-20(26)18-12-15(8-9-22-18)14-6-4-13-5-7-16(19(25)24-27)11-17(13)10-14/h5,7-9,11-12,14,27H,4,6,10H2,1-3H3,(H,23,26)(H,24,25). The number of amides is 2. The lowest BCUT2D eigenvalue weighted by atomic mass is 9.79. The molecule has 1 aliphatic rings. The summed E-state index contributed by atoms with van der Waals surface area (Å²) in [6, 6.07) is 9.33. The summed E-state index contributed by atoms with van der Waals surface area (Å²) in [5.74, 6) is -0.429. The van der Waals surface area contributed by atoms with Gasteiger partial charge in [0.2, 0.25) is 0 Å². The zero-order valence-corrected chi connectivity index (χ0v) is 15.9. The molecule has 1 unspecified atom stereocenters. The number of hydrogen-bond donors (Lipinski definition) is 3. The highest BCUT2D eigenvalue weighted by Crippen LogP contribution is 2.33. The van der Waals surface area contributed by atoms with Gasteiger partial charge in [-0.1, -0.05) is 6.07 Å². The van der Waals surface area contributed by atoms with E-state index in [1.54, 1.807) is 17.7 Å². The normalized spacial score (nSPS) is 16.4. The Balaban J connectivity index is 1.82. The number of fused-ring (bicyclic) bond motifs is 1. The van der Waals surface area contributed by atoms with Gasteiger partial charge in [-0.05, 0) is 86.9 Å². The molecule has 1 aromatic heterocycles. The van der Waals surface area contributed by atoms with Gasteiger partial charge in [0, 0.05) is 17.3 Å². The third-order valence-corrected chi connectivity index (χ3v) is 4.78. The highest BCUT2D eigenvalue weighted by atomic mass is 16.5. The van der Waals surface area contributed by atoms with E-state index >= 15 is 0 Å². The Morgan fingerprint density at radius 2 is 1.89 bits per heavy atom. The molecule has 6 heteroatoms. The Hall–Kier alpha value is -2.73. The molecule has 1 heterocycles. The van der Waals surface area contributed by atoms with Crippen molar-refractivity contribution >= 4 is 11.8 Å². The first-order valence-electron chi connectivity index (χ1n) is 9.11. The predicted molar refractivity (Wildman–Crippen MR) is 102 cm³/mol. The first kappa shape index (κ1) is 19.0. The Morgan fingerprint density at radius 1 is 1.11 bits per heavy atom. The summed E-state index contributed by atoms with van der Waals surface area (Å²) in [7, 11) is 0. The third-order valence-electron chi connectivity index (χ3n) is 4.78. The first-order chi connectivity index (χ1) is 12.8. The van der Waals surface area contributed by atoms with Crippen LogP contribution in [0.5, 0.6) is 0 Å². The zero-order valence-electron chi connectivity index (χ0n) is 15.9. The van der Waals surface area contributed by atoms with Crippen LogP contribution in [0.3, 0.4) is 0 Å². The van der Waals surface area contributed by atoms with Gasteiger partial charge in [-0.3, -0.25) is 19.8 Å². The molecule has 0 spiro atoms. The molecule has 2 aromatic rings. The Morgan fingerprint density at radius 3 is 2.59 bits per heavy atom. The summed E-state index contributed by atoms with van der Waals surface area (Å²) >= 11 is 0. The van der Waals surface area contributed by atoms with Gasteiger partial charge >= 0.3 is 0 Å². The maximum Gasteiger partial charge on any atom is 0.274 e. The predicted octanol–water partition coefficient (Wildman–Crippen LogP) is 3.00. The van der Waals surface area contributed by atoms with Gasteiger partial charge in [0.1, 0.15) is 5.69 Å². The number of aromatic nitrogens is 1. The average molecular weight is 367 g/mol. The maximum absolute atomic E-state index is 12.4. The molecular weight excluding hydrogens is 342 g/mol. The molecule has 0 bridgehead atoms. The summed E-state index contributed by atoms with van der Waals surface area (Å²) in [4.78, 5) is 28.3. The average Bonchev–Trinajstić information content (AvgIpc) is 2.65. The SMILES string of the molecule is CC(C)(C)NC(=O)c1cc(C2CCc3ccc(C(=O)NO)cc3C2)ccn1. The van der Waals surface area contributed by atoms with Gasteiger partial charge in [-0.25, -0.2) is 5.48 Å². The van der Waals surface area contributed by atoms with Crippen molar-refractivity contribution in [2.24, 2.45) is 0 Å². The van der Waals surface area contributed by atoms with E-state index in [-0.39, 0.29) is 17.4 Å². The van der Waals surface area contributed by atoms with Crippen molar-refractivity contribution in [1.29, 1.82) is 0 Å². The molecule has 0 saturated heterocycles. The maximum atomic E-state index is 12.4. The van der Waals surface area contributed by atoms with Crippen LogP contribution >= 0.6 is 0 Å². The van der Waals surface area contributed by atoms with E-state index in [1.807, 2.05) is 45.0 Å². The summed E-state index contributed by atoms with van der Waals surface area (Å²) in [5.41, 5.74) is 5.62. The van der Waals surface area contributed by atoms with E-state index in [1.165, 1.54) is 5.56 Å². The number of hydroxylamine groups is 1. The largest absolute Gasteiger partial charge is 0.346 e. The number of nitrogens with zero attached hydrogens (tertiary/aromatic N) is 1. The summed E-state index contributed by atoms with van der Waals surface area (Å²) in [6.07, 6.45) is 4.35. The molecule has 0 fully saturated rings. The molecule has 0 aliphatic heterocycles. The van der Waals surface area contributed by atoms with Crippen LogP contribution in [0.15, 0.2) is 36.5 Å². The van der Waals surface area contributed by atoms with Gasteiger partial charge in [-0.15, -0.1) is 0 Å². The summed E-state index contributed by atoms with van der Waals surface area (Å²) in [6.45, 7) is 5.81. The molecule has 3 N–H and O–H groups in total. The fourth-order valence-corrected chi connectivity index (χ4v) is 3.48. The van der Waals surface area contributed by atoms with Crippen molar-refractivity contribution in [3.63, 3.8) is 0 Å². The quantitative estimate of drug-likeness (QED) is 0.574. The Bertz CT molecular complexity index is 871. The minimum Gasteiger partial charge on any atom is -0.346 e. The fourth-order valence-electron chi connectivity index (χ4n) is 3.48. The van der Waals surface area contributed by atoms with Crippen LogP contribution in [0.1, 0.15) is 70.6 Å². The van der Waals surface area contributed by atoms with E-state index in [2.05, 4.69) is 10.3 Å². The molecule has 27 heavy (non-hydrogen) atoms. The Kier molecular flexibility index (Phi) is 5.28. The molecule has 1 atom stereocenters. The number of hydrogen-bond acceptors (Lipinski definition) is 4. The van der Waals surface area contributed by atoms with Gasteiger partial charge < -0.3 is 5.32 Å². The molecule has 142 valence electrons. The van der Waals surface area contributed by atoms with Crippen LogP contribution in [0.4, 0.5) is 0 Å². The Labute approximate surface area is 159 Å². The first-order valence-corrected chi connectivity index (χ1v) is 9.11. The second-order valence-electron chi connectivity index (χ2n) is 8.04. The number of pyridine rings is 1. The van der Waals surface area contributed by atoms with Crippen molar-refractivity contribution in [3.05, 3.63) is 64.5 Å². The number of nitrogens with one attached hydrogen (secondary N) is 2. The van der Waals surface area contributed by atoms with Crippen molar-refractivity contribution in [2.45, 2.75) is 51.5 Å². The molecule has 2 amide bonds. The minimum absolute atomic E-state index is 0.178. The van der Waals surface area contributed by atoms with Gasteiger partial charge in [0.25, 0.3) is 11.8 Å². The van der Waals surface area contributed by atoms with Gasteiger partial charge in [0.05, 0.1) is 0 Å². The van der Waals surface area contributed by atoms with Crippen LogP contribution in [-0.4, -0.2) is 27.5 Å². The van der Waals surface area contributed by atoms with E-state index in [0.717, 1.165) is 30.4 Å². The fraction of sp³-hybridized carbons (Fsp3) is 0.381. The molecule has 0 radical (unpaired) electrons. The van der Waals surface area contributed by atoms with E-state index in [9.17, 15) is 9.59 Å². The molecule has 1 aromatic carbocycles. The molecular formula is C21H25N3O3. The second kappa shape index (κ2) is 7.48. The molecule has 1 aliphatic carbocycles. The highest BCUT2D eigenvalue weighted by molar-refractivity contribution is 5.94. The smallest absolute Gasteiger partial charge is 0.274 e. The van der Waals surface area contributed by atoms with Gasteiger partial charge in [0.15, 0.2) is 0 Å². The third kappa shape index (κ3) is 4.52. The van der Waals surface area contributed by atoms with Crippen molar-refractivity contribution < 1.29 is 14.8 Å². The number of carbonyl (C=O) groups excluding carboxylic acids is 2. The number of rotatable bonds is 3. The molecule has 0 saturated carbocycles. The van der Waals surface area contributed by atoms with Crippen LogP contribution in [0, 0.1) is 0 Å². The second-order valence-corrected chi connectivity index (χ2v) is 8.04. The lowest BCUT2D eigenvalue weighted by Gasteiger charge is -2.26. The van der Waals surface area contributed by atoms with Crippen molar-refractivity contribution in [2.75, 3.05) is 0 Å². The topological polar surface area (TPSA) is 91.3 Å². The van der Waals surface area contributed by atoms with E-state index in [0.29, 0.717) is 11.3 Å². The number of aryl methyl sites for hydroxylation is 1. The molecule has 3 rings (SSSR count). The lowest BCUT2D eigenvalue weighted by Crippen LogP contribution is -2.41. The van der Waals surface area contributed by atoms with Crippen molar-refractivity contribution in [1.82, 2.24) is 15.8 Å². The van der Waals surface area contributed by atoms with Crippen LogP contribution in [0.2, 0.25) is 0 Å². The minimum atomic E-state index is -0.509. The van der Waals surface area contributed by atoms with E-state index in [4.69, 9.17) is 5.21 Å². The summed E-state index contributed by atoms with van der Waals surface area (Å²) < 4.78 is 0.